The van der Waals surface area contributed by atoms with E-state index < -0.39 is 52.3 Å². The standard InChI is InChI=1S/C6H14O12P2/c7-1-2(8)4(10)6(5(11)3(1)9)17-20(15,16)18-19(12,13)14/h1-11H,(H,15,16)(H2,12,13,14)/t1-,2+,3-,4-,5+,6-. The molecule has 7 atom stereocenters. The molecule has 0 bridgehead atoms. The summed E-state index contributed by atoms with van der Waals surface area (Å²) in [5, 5.41) is 46.8. The van der Waals surface area contributed by atoms with Crippen LogP contribution in [0.3, 0.4) is 0 Å². The van der Waals surface area contributed by atoms with E-state index in [4.69, 9.17) is 14.7 Å². The van der Waals surface area contributed by atoms with Gasteiger partial charge in [-0.25, -0.2) is 9.13 Å². The second-order valence-corrected chi connectivity index (χ2v) is 6.85. The highest BCUT2D eigenvalue weighted by molar-refractivity contribution is 7.60. The van der Waals surface area contributed by atoms with Crippen molar-refractivity contribution in [3.63, 3.8) is 0 Å². The third-order valence-corrected chi connectivity index (χ3v) is 4.72. The molecule has 0 aromatic heterocycles. The van der Waals surface area contributed by atoms with Crippen LogP contribution in [0.4, 0.5) is 0 Å². The largest absolute Gasteiger partial charge is 0.481 e. The quantitative estimate of drug-likeness (QED) is 0.233. The fourth-order valence-corrected chi connectivity index (χ4v) is 3.42. The van der Waals surface area contributed by atoms with Crippen LogP contribution in [-0.2, 0) is 18.0 Å². The molecule has 0 amide bonds. The van der Waals surface area contributed by atoms with Gasteiger partial charge in [0, 0.05) is 0 Å². The molecule has 1 rings (SSSR count). The van der Waals surface area contributed by atoms with Crippen molar-refractivity contribution in [2.45, 2.75) is 36.6 Å². The SMILES string of the molecule is O=P(O)(O)OP(=O)(O)O[C@@H]1[C@H](O)[C@@H](O)[C@@H](O)[C@@H](O)[C@@H]1O. The molecule has 0 radical (unpaired) electrons. The van der Waals surface area contributed by atoms with Crippen molar-refractivity contribution in [2.75, 3.05) is 0 Å². The van der Waals surface area contributed by atoms with Crippen molar-refractivity contribution in [3.8, 4) is 0 Å². The Morgan fingerprint density at radius 3 is 1.40 bits per heavy atom. The van der Waals surface area contributed by atoms with Crippen LogP contribution in [0.25, 0.3) is 0 Å². The Balaban J connectivity index is 2.90. The number of aliphatic hydroxyl groups excluding tert-OH is 5. The van der Waals surface area contributed by atoms with Crippen molar-refractivity contribution in [3.05, 3.63) is 0 Å². The van der Waals surface area contributed by atoms with Gasteiger partial charge in [-0.15, -0.1) is 0 Å². The zero-order valence-corrected chi connectivity index (χ0v) is 11.4. The van der Waals surface area contributed by atoms with E-state index >= 15 is 0 Å². The fraction of sp³-hybridized carbons (Fsp3) is 1.00. The highest BCUT2D eigenvalue weighted by atomic mass is 31.3. The molecular formula is C6H14O12P2. The average Bonchev–Trinajstić information content (AvgIpc) is 2.26. The summed E-state index contributed by atoms with van der Waals surface area (Å²) in [7, 11) is -10.8. The van der Waals surface area contributed by atoms with Gasteiger partial charge < -0.3 is 40.2 Å². The summed E-state index contributed by atoms with van der Waals surface area (Å²) in [6.45, 7) is 0. The lowest BCUT2D eigenvalue weighted by Gasteiger charge is -2.41. The molecule has 8 N–H and O–H groups in total. The van der Waals surface area contributed by atoms with Crippen LogP contribution in [0.5, 0.6) is 0 Å². The Morgan fingerprint density at radius 2 is 1.05 bits per heavy atom. The maximum atomic E-state index is 11.3. The molecule has 12 nitrogen and oxygen atoms in total. The lowest BCUT2D eigenvalue weighted by atomic mass is 9.85. The number of hydrogen-bond acceptors (Lipinski definition) is 9. The van der Waals surface area contributed by atoms with Gasteiger partial charge in [-0.2, -0.15) is 4.31 Å². The van der Waals surface area contributed by atoms with Crippen molar-refractivity contribution in [1.82, 2.24) is 0 Å². The van der Waals surface area contributed by atoms with Crippen LogP contribution in [0.15, 0.2) is 0 Å². The summed E-state index contributed by atoms with van der Waals surface area (Å²) < 4.78 is 29.2. The Bertz CT molecular complexity index is 418. The second kappa shape index (κ2) is 6.05. The molecule has 120 valence electrons. The maximum absolute atomic E-state index is 11.3. The molecule has 1 fully saturated rings. The summed E-state index contributed by atoms with van der Waals surface area (Å²) in [5.74, 6) is 0. The minimum Gasteiger partial charge on any atom is -0.387 e. The van der Waals surface area contributed by atoms with Gasteiger partial charge in [-0.3, -0.25) is 4.52 Å². The van der Waals surface area contributed by atoms with Gasteiger partial charge in [0.05, 0.1) is 0 Å². The highest BCUT2D eigenvalue weighted by Gasteiger charge is 2.52. The van der Waals surface area contributed by atoms with Crippen LogP contribution < -0.4 is 0 Å². The topological polar surface area (TPSA) is 214 Å². The summed E-state index contributed by atoms with van der Waals surface area (Å²) in [5.41, 5.74) is 0. The number of rotatable bonds is 4. The van der Waals surface area contributed by atoms with Gasteiger partial charge in [0.2, 0.25) is 0 Å². The molecule has 0 aromatic rings. The molecule has 0 saturated heterocycles. The summed E-state index contributed by atoms with van der Waals surface area (Å²) in [6, 6.07) is 0. The number of hydrogen-bond donors (Lipinski definition) is 8. The Hall–Kier alpha value is 0.0600. The first kappa shape index (κ1) is 18.1. The zero-order valence-electron chi connectivity index (χ0n) is 9.57. The summed E-state index contributed by atoms with van der Waals surface area (Å²) in [6.07, 6.45) is -12.4. The molecule has 0 spiro atoms. The third kappa shape index (κ3) is 4.28. The van der Waals surface area contributed by atoms with E-state index in [-0.39, 0.29) is 0 Å². The van der Waals surface area contributed by atoms with Gasteiger partial charge >= 0.3 is 15.6 Å². The van der Waals surface area contributed by atoms with Gasteiger partial charge in [-0.05, 0) is 0 Å². The Kier molecular flexibility index (Phi) is 5.48. The van der Waals surface area contributed by atoms with E-state index in [1.165, 1.54) is 0 Å². The molecule has 20 heavy (non-hydrogen) atoms. The smallest absolute Gasteiger partial charge is 0.387 e. The number of phosphoric ester groups is 1. The first-order chi connectivity index (χ1) is 8.86. The van der Waals surface area contributed by atoms with Gasteiger partial charge in [0.1, 0.15) is 36.6 Å². The van der Waals surface area contributed by atoms with Crippen LogP contribution >= 0.6 is 15.6 Å². The lowest BCUT2D eigenvalue weighted by molar-refractivity contribution is -0.219. The normalized spacial score (nSPS) is 42.2. The van der Waals surface area contributed by atoms with Crippen molar-refractivity contribution in [1.29, 1.82) is 0 Å². The monoisotopic (exact) mass is 340 g/mol. The van der Waals surface area contributed by atoms with E-state index in [1.807, 2.05) is 0 Å². The van der Waals surface area contributed by atoms with Crippen molar-refractivity contribution in [2.24, 2.45) is 0 Å². The molecule has 1 aliphatic rings. The van der Waals surface area contributed by atoms with Crippen LogP contribution in [-0.4, -0.2) is 76.8 Å². The van der Waals surface area contributed by atoms with E-state index in [2.05, 4.69) is 8.83 Å². The molecule has 1 aliphatic carbocycles. The van der Waals surface area contributed by atoms with E-state index in [1.54, 1.807) is 0 Å². The molecule has 0 aromatic carbocycles. The zero-order chi connectivity index (χ0) is 15.9. The van der Waals surface area contributed by atoms with Gasteiger partial charge in [-0.1, -0.05) is 0 Å². The van der Waals surface area contributed by atoms with Crippen LogP contribution in [0.2, 0.25) is 0 Å². The molecular weight excluding hydrogens is 326 g/mol. The molecule has 1 unspecified atom stereocenters. The summed E-state index contributed by atoms with van der Waals surface area (Å²) >= 11 is 0. The summed E-state index contributed by atoms with van der Waals surface area (Å²) in [4.78, 5) is 25.8. The number of phosphoric acid groups is 2. The van der Waals surface area contributed by atoms with E-state index in [0.717, 1.165) is 0 Å². The van der Waals surface area contributed by atoms with Gasteiger partial charge in [0.25, 0.3) is 0 Å². The van der Waals surface area contributed by atoms with Gasteiger partial charge in [0.15, 0.2) is 0 Å². The van der Waals surface area contributed by atoms with Crippen molar-refractivity contribution >= 4 is 15.6 Å². The minimum atomic E-state index is -5.42. The first-order valence-electron chi connectivity index (χ1n) is 5.04. The first-order valence-corrected chi connectivity index (χ1v) is 8.07. The second-order valence-electron chi connectivity index (χ2n) is 4.06. The average molecular weight is 340 g/mol. The molecule has 0 heterocycles. The van der Waals surface area contributed by atoms with Crippen molar-refractivity contribution < 1.29 is 58.2 Å². The molecule has 0 aliphatic heterocycles. The van der Waals surface area contributed by atoms with E-state index in [0.29, 0.717) is 0 Å². The minimum absolute atomic E-state index is 1.96. The molecule has 14 heteroatoms. The molecule has 1 saturated carbocycles. The fourth-order valence-electron chi connectivity index (χ4n) is 1.63. The lowest BCUT2D eigenvalue weighted by Crippen LogP contribution is -2.64. The van der Waals surface area contributed by atoms with E-state index in [9.17, 15) is 34.7 Å². The van der Waals surface area contributed by atoms with Crippen LogP contribution in [0, 0.1) is 0 Å². The highest BCUT2D eigenvalue weighted by Crippen LogP contribution is 2.58. The van der Waals surface area contributed by atoms with Crippen LogP contribution in [0.1, 0.15) is 0 Å². The maximum Gasteiger partial charge on any atom is 0.481 e. The Labute approximate surface area is 111 Å². The predicted octanol–water partition coefficient (Wildman–Crippen LogP) is -3.60. The third-order valence-electron chi connectivity index (χ3n) is 2.54. The predicted molar refractivity (Wildman–Crippen MR) is 57.9 cm³/mol. The number of aliphatic hydroxyl groups is 5. The Morgan fingerprint density at radius 1 is 0.700 bits per heavy atom.